The van der Waals surface area contributed by atoms with Crippen LogP contribution in [0, 0.1) is 18.3 Å². The van der Waals surface area contributed by atoms with Crippen LogP contribution in [0.25, 0.3) is 0 Å². The van der Waals surface area contributed by atoms with Crippen LogP contribution in [0.15, 0.2) is 24.3 Å². The lowest BCUT2D eigenvalue weighted by molar-refractivity contribution is -0.0642. The molecule has 0 aromatic heterocycles. The first-order chi connectivity index (χ1) is 10.4. The number of rotatable bonds is 5. The van der Waals surface area contributed by atoms with Crippen LogP contribution in [0.5, 0.6) is 0 Å². The third-order valence-electron chi connectivity index (χ3n) is 4.15. The molecule has 1 atom stereocenters. The van der Waals surface area contributed by atoms with Crippen LogP contribution < -0.4 is 0 Å². The Kier molecular flexibility index (Phi) is 5.25. The second-order valence-corrected chi connectivity index (χ2v) is 8.34. The molecule has 5 heteroatoms. The largest absolute Gasteiger partial charge is 0.352 e. The molecular formula is C17H23NO3S. The average Bonchev–Trinajstić information content (AvgIpc) is 2.46. The van der Waals surface area contributed by atoms with E-state index < -0.39 is 15.4 Å². The predicted octanol–water partition coefficient (Wildman–Crippen LogP) is 3.11. The van der Waals surface area contributed by atoms with Crippen molar-refractivity contribution in [2.24, 2.45) is 0 Å². The molecule has 0 N–H and O–H groups in total. The van der Waals surface area contributed by atoms with Crippen molar-refractivity contribution >= 4 is 9.84 Å². The van der Waals surface area contributed by atoms with E-state index in [2.05, 4.69) is 6.07 Å². The minimum atomic E-state index is -3.36. The van der Waals surface area contributed by atoms with Crippen LogP contribution in [-0.4, -0.2) is 26.5 Å². The molecule has 1 aromatic rings. The number of nitrogens with zero attached hydrogens (tertiary/aromatic N) is 1. The summed E-state index contributed by atoms with van der Waals surface area (Å²) in [5.74, 6) is -0.308. The molecule has 1 fully saturated rings. The van der Waals surface area contributed by atoms with E-state index in [4.69, 9.17) is 4.74 Å². The Morgan fingerprint density at radius 1 is 1.27 bits per heavy atom. The lowest BCUT2D eigenvalue weighted by Gasteiger charge is -2.34. The molecule has 2 rings (SSSR count). The Hall–Kier alpha value is -1.38. The van der Waals surface area contributed by atoms with Gasteiger partial charge in [0.2, 0.25) is 0 Å². The highest BCUT2D eigenvalue weighted by molar-refractivity contribution is 7.90. The number of hydrogen-bond acceptors (Lipinski definition) is 4. The topological polar surface area (TPSA) is 67.2 Å². The first-order valence-corrected chi connectivity index (χ1v) is 9.75. The fourth-order valence-corrected chi connectivity index (χ4v) is 4.18. The van der Waals surface area contributed by atoms with Gasteiger partial charge in [-0.25, -0.2) is 8.42 Å². The van der Waals surface area contributed by atoms with E-state index in [1.54, 1.807) is 6.07 Å². The minimum absolute atomic E-state index is 0.0465. The highest BCUT2D eigenvalue weighted by Crippen LogP contribution is 2.34. The SMILES string of the molecule is Cc1ccccc1C(C#N)(CS(C)(=O)=O)OC1CCCCC1. The maximum Gasteiger partial charge on any atom is 0.193 e. The molecule has 0 heterocycles. The quantitative estimate of drug-likeness (QED) is 0.835. The molecule has 0 spiro atoms. The lowest BCUT2D eigenvalue weighted by Crippen LogP contribution is -2.40. The summed E-state index contributed by atoms with van der Waals surface area (Å²) in [6.07, 6.45) is 6.20. The number of hydrogen-bond donors (Lipinski definition) is 0. The highest BCUT2D eigenvalue weighted by Gasteiger charge is 2.40. The summed E-state index contributed by atoms with van der Waals surface area (Å²) >= 11 is 0. The zero-order valence-electron chi connectivity index (χ0n) is 13.2. The monoisotopic (exact) mass is 321 g/mol. The molecule has 4 nitrogen and oxygen atoms in total. The molecule has 120 valence electrons. The Balaban J connectivity index is 2.42. The predicted molar refractivity (Wildman–Crippen MR) is 86.1 cm³/mol. The molecule has 0 radical (unpaired) electrons. The Morgan fingerprint density at radius 2 is 1.91 bits per heavy atom. The average molecular weight is 321 g/mol. The summed E-state index contributed by atoms with van der Waals surface area (Å²) in [5.41, 5.74) is 0.123. The number of benzene rings is 1. The summed E-state index contributed by atoms with van der Waals surface area (Å²) in [4.78, 5) is 0. The molecule has 0 aliphatic heterocycles. The maximum absolute atomic E-state index is 11.9. The van der Waals surface area contributed by atoms with Gasteiger partial charge in [-0.1, -0.05) is 43.5 Å². The number of aryl methyl sites for hydroxylation is 1. The van der Waals surface area contributed by atoms with Crippen LogP contribution >= 0.6 is 0 Å². The van der Waals surface area contributed by atoms with Gasteiger partial charge in [-0.05, 0) is 25.3 Å². The van der Waals surface area contributed by atoms with E-state index in [1.807, 2.05) is 25.1 Å². The number of nitriles is 1. The first-order valence-electron chi connectivity index (χ1n) is 7.69. The molecule has 1 aromatic carbocycles. The number of ether oxygens (including phenoxy) is 1. The van der Waals surface area contributed by atoms with Gasteiger partial charge in [-0.3, -0.25) is 0 Å². The van der Waals surface area contributed by atoms with E-state index >= 15 is 0 Å². The highest BCUT2D eigenvalue weighted by atomic mass is 32.2. The van der Waals surface area contributed by atoms with E-state index in [-0.39, 0.29) is 11.9 Å². The standard InChI is InChI=1S/C17H23NO3S/c1-14-8-6-7-11-16(14)17(12-18,13-22(2,19)20)21-15-9-4-3-5-10-15/h6-8,11,15H,3-5,9-10,13H2,1-2H3. The fraction of sp³-hybridized carbons (Fsp3) is 0.588. The van der Waals surface area contributed by atoms with Gasteiger partial charge in [0.25, 0.3) is 0 Å². The summed E-state index contributed by atoms with van der Waals surface area (Å²) < 4.78 is 29.9. The molecule has 22 heavy (non-hydrogen) atoms. The van der Waals surface area contributed by atoms with Crippen molar-refractivity contribution in [2.75, 3.05) is 12.0 Å². The Morgan fingerprint density at radius 3 is 2.45 bits per heavy atom. The smallest absolute Gasteiger partial charge is 0.193 e. The normalized spacial score (nSPS) is 19.3. The van der Waals surface area contributed by atoms with Crippen LogP contribution in [0.1, 0.15) is 43.2 Å². The maximum atomic E-state index is 11.9. The van der Waals surface area contributed by atoms with Gasteiger partial charge in [0, 0.05) is 11.8 Å². The van der Waals surface area contributed by atoms with Crippen molar-refractivity contribution in [3.8, 4) is 6.07 Å². The Labute approximate surface area is 133 Å². The van der Waals surface area contributed by atoms with Gasteiger partial charge >= 0.3 is 0 Å². The van der Waals surface area contributed by atoms with E-state index in [0.29, 0.717) is 5.56 Å². The van der Waals surface area contributed by atoms with Crippen molar-refractivity contribution in [1.29, 1.82) is 5.26 Å². The van der Waals surface area contributed by atoms with Gasteiger partial charge in [0.05, 0.1) is 11.9 Å². The van der Waals surface area contributed by atoms with Crippen molar-refractivity contribution in [3.05, 3.63) is 35.4 Å². The van der Waals surface area contributed by atoms with Gasteiger partial charge in [-0.2, -0.15) is 5.26 Å². The van der Waals surface area contributed by atoms with Crippen molar-refractivity contribution in [2.45, 2.75) is 50.7 Å². The molecular weight excluding hydrogens is 298 g/mol. The third kappa shape index (κ3) is 4.08. The fourth-order valence-electron chi connectivity index (χ4n) is 3.16. The zero-order chi connectivity index (χ0) is 16.2. The molecule has 1 aliphatic carbocycles. The summed E-state index contributed by atoms with van der Waals surface area (Å²) in [6.45, 7) is 1.88. The first kappa shape index (κ1) is 17.0. The summed E-state index contributed by atoms with van der Waals surface area (Å²) in [7, 11) is -3.36. The molecule has 0 amide bonds. The van der Waals surface area contributed by atoms with Crippen molar-refractivity contribution < 1.29 is 13.2 Å². The van der Waals surface area contributed by atoms with E-state index in [0.717, 1.165) is 37.5 Å². The summed E-state index contributed by atoms with van der Waals surface area (Å²) in [6, 6.07) is 9.55. The second kappa shape index (κ2) is 6.80. The van der Waals surface area contributed by atoms with Crippen LogP contribution in [0.4, 0.5) is 0 Å². The molecule has 1 aliphatic rings. The van der Waals surface area contributed by atoms with Gasteiger partial charge in [-0.15, -0.1) is 0 Å². The minimum Gasteiger partial charge on any atom is -0.352 e. The molecule has 0 bridgehead atoms. The Bertz CT molecular complexity index is 657. The molecule has 1 saturated carbocycles. The lowest BCUT2D eigenvalue weighted by atomic mass is 9.91. The van der Waals surface area contributed by atoms with Crippen LogP contribution in [0.3, 0.4) is 0 Å². The van der Waals surface area contributed by atoms with Crippen molar-refractivity contribution in [3.63, 3.8) is 0 Å². The van der Waals surface area contributed by atoms with Crippen molar-refractivity contribution in [1.82, 2.24) is 0 Å². The molecule has 1 unspecified atom stereocenters. The van der Waals surface area contributed by atoms with E-state index in [1.165, 1.54) is 6.42 Å². The second-order valence-electron chi connectivity index (χ2n) is 6.20. The van der Waals surface area contributed by atoms with Crippen LogP contribution in [0.2, 0.25) is 0 Å². The van der Waals surface area contributed by atoms with Gasteiger partial charge in [0.15, 0.2) is 15.4 Å². The molecule has 0 saturated heterocycles. The van der Waals surface area contributed by atoms with Gasteiger partial charge < -0.3 is 4.74 Å². The third-order valence-corrected chi connectivity index (χ3v) is 5.08. The van der Waals surface area contributed by atoms with Crippen LogP contribution in [-0.2, 0) is 20.2 Å². The summed E-state index contributed by atoms with van der Waals surface area (Å²) in [5, 5.41) is 9.81. The number of sulfone groups is 1. The van der Waals surface area contributed by atoms with Gasteiger partial charge in [0.1, 0.15) is 6.07 Å². The van der Waals surface area contributed by atoms with E-state index in [9.17, 15) is 13.7 Å². The zero-order valence-corrected chi connectivity index (χ0v) is 14.0.